The Morgan fingerprint density at radius 3 is 1.62 bits per heavy atom. The van der Waals surface area contributed by atoms with E-state index in [9.17, 15) is 10.4 Å². The van der Waals surface area contributed by atoms with Gasteiger partial charge in [-0.25, -0.2) is 0 Å². The first-order valence-corrected chi connectivity index (χ1v) is 6.69. The summed E-state index contributed by atoms with van der Waals surface area (Å²) in [5.74, 6) is 0.349. The molecule has 0 saturated carbocycles. The van der Waals surface area contributed by atoms with Gasteiger partial charge in [-0.15, -0.1) is 0 Å². The lowest BCUT2D eigenvalue weighted by atomic mass is 9.88. The van der Waals surface area contributed by atoms with Crippen LogP contribution in [0.5, 0.6) is 5.75 Å². The van der Waals surface area contributed by atoms with Crippen LogP contribution in [0.3, 0.4) is 0 Å². The highest BCUT2D eigenvalue weighted by atomic mass is 16.3. The van der Waals surface area contributed by atoms with Crippen LogP contribution in [0, 0.1) is 34.0 Å². The second-order valence-corrected chi connectivity index (χ2v) is 5.40. The van der Waals surface area contributed by atoms with E-state index in [1.807, 2.05) is 33.8 Å². The van der Waals surface area contributed by atoms with E-state index in [-0.39, 0.29) is 28.7 Å². The Hall–Kier alpha value is -2.77. The minimum Gasteiger partial charge on any atom is -0.507 e. The maximum atomic E-state index is 10.3. The van der Waals surface area contributed by atoms with Gasteiger partial charge in [-0.2, -0.15) is 15.8 Å². The number of nitriles is 3. The van der Waals surface area contributed by atoms with Gasteiger partial charge in [-0.05, 0) is 40.7 Å². The average Bonchev–Trinajstić information content (AvgIpc) is 2.44. The highest BCUT2D eigenvalue weighted by molar-refractivity contribution is 5.85. The van der Waals surface area contributed by atoms with E-state index in [2.05, 4.69) is 0 Å². The molecule has 0 saturated heterocycles. The highest BCUT2D eigenvalue weighted by Crippen LogP contribution is 2.36. The molecular formula is C17H17N3O. The molecule has 0 aromatic heterocycles. The van der Waals surface area contributed by atoms with E-state index in [1.165, 1.54) is 0 Å². The Balaban J connectivity index is 3.75. The molecule has 106 valence electrons. The molecule has 0 aliphatic rings. The van der Waals surface area contributed by atoms with Crippen molar-refractivity contribution in [2.45, 2.75) is 39.5 Å². The molecule has 0 amide bonds. The third-order valence-corrected chi connectivity index (χ3v) is 3.29. The van der Waals surface area contributed by atoms with Crippen LogP contribution in [0.25, 0.3) is 5.57 Å². The molecule has 0 atom stereocenters. The molecule has 0 fully saturated rings. The fourth-order valence-corrected chi connectivity index (χ4v) is 2.11. The summed E-state index contributed by atoms with van der Waals surface area (Å²) >= 11 is 0. The van der Waals surface area contributed by atoms with Crippen molar-refractivity contribution in [1.29, 1.82) is 15.8 Å². The van der Waals surface area contributed by atoms with Gasteiger partial charge in [0.2, 0.25) is 0 Å². The van der Waals surface area contributed by atoms with Gasteiger partial charge >= 0.3 is 0 Å². The first kappa shape index (κ1) is 16.3. The standard InChI is InChI=1S/C17H17N3O/c1-10(2)14-5-12(6-15(11(3)4)17(14)21)16(9-20)13(7-18)8-19/h5-6,10-11,21H,1-4H3. The van der Waals surface area contributed by atoms with Gasteiger partial charge in [0, 0.05) is 0 Å². The summed E-state index contributed by atoms with van der Waals surface area (Å²) in [5.41, 5.74) is 1.75. The summed E-state index contributed by atoms with van der Waals surface area (Å²) in [6, 6.07) is 8.78. The van der Waals surface area contributed by atoms with Crippen molar-refractivity contribution >= 4 is 5.57 Å². The van der Waals surface area contributed by atoms with Gasteiger partial charge in [-0.1, -0.05) is 27.7 Å². The van der Waals surface area contributed by atoms with Gasteiger partial charge < -0.3 is 5.11 Å². The first-order chi connectivity index (χ1) is 9.87. The normalized spacial score (nSPS) is 9.86. The van der Waals surface area contributed by atoms with Crippen LogP contribution >= 0.6 is 0 Å². The van der Waals surface area contributed by atoms with Gasteiger partial charge in [-0.3, -0.25) is 0 Å². The summed E-state index contributed by atoms with van der Waals surface area (Å²) in [6.45, 7) is 7.75. The number of phenolic OH excluding ortho intramolecular Hbond substituents is 1. The molecule has 4 nitrogen and oxygen atoms in total. The molecule has 1 N–H and O–H groups in total. The van der Waals surface area contributed by atoms with Crippen LogP contribution < -0.4 is 0 Å². The van der Waals surface area contributed by atoms with Crippen molar-refractivity contribution in [3.8, 4) is 24.0 Å². The number of phenols is 1. The lowest BCUT2D eigenvalue weighted by Gasteiger charge is -2.17. The zero-order valence-corrected chi connectivity index (χ0v) is 12.6. The van der Waals surface area contributed by atoms with Gasteiger partial charge in [0.15, 0.2) is 0 Å². The number of nitrogens with zero attached hydrogens (tertiary/aromatic N) is 3. The van der Waals surface area contributed by atoms with Crippen molar-refractivity contribution in [3.63, 3.8) is 0 Å². The zero-order valence-electron chi connectivity index (χ0n) is 12.6. The summed E-state index contributed by atoms with van der Waals surface area (Å²) in [6.07, 6.45) is 0. The predicted molar refractivity (Wildman–Crippen MR) is 80.0 cm³/mol. The third kappa shape index (κ3) is 3.22. The molecule has 0 unspecified atom stereocenters. The van der Waals surface area contributed by atoms with Crippen LogP contribution in [0.2, 0.25) is 0 Å². The van der Waals surface area contributed by atoms with E-state index in [4.69, 9.17) is 10.5 Å². The maximum absolute atomic E-state index is 10.3. The summed E-state index contributed by atoms with van der Waals surface area (Å²) in [5, 5.41) is 37.5. The van der Waals surface area contributed by atoms with Crippen molar-refractivity contribution in [1.82, 2.24) is 0 Å². The van der Waals surface area contributed by atoms with Gasteiger partial charge in [0.25, 0.3) is 0 Å². The summed E-state index contributed by atoms with van der Waals surface area (Å²) in [7, 11) is 0. The minimum absolute atomic E-state index is 0.0452. The van der Waals surface area contributed by atoms with Crippen LogP contribution in [0.1, 0.15) is 56.2 Å². The molecule has 0 aliphatic heterocycles. The Bertz CT molecular complexity index is 662. The largest absolute Gasteiger partial charge is 0.507 e. The van der Waals surface area contributed by atoms with Crippen LogP contribution in [0.15, 0.2) is 17.7 Å². The molecule has 21 heavy (non-hydrogen) atoms. The quantitative estimate of drug-likeness (QED) is 0.847. The molecule has 0 aliphatic carbocycles. The van der Waals surface area contributed by atoms with Crippen LogP contribution in [0.4, 0.5) is 0 Å². The highest BCUT2D eigenvalue weighted by Gasteiger charge is 2.18. The minimum atomic E-state index is -0.215. The van der Waals surface area contributed by atoms with Gasteiger partial charge in [0.1, 0.15) is 29.5 Å². The number of allylic oxidation sites excluding steroid dienone is 2. The number of aromatic hydroxyl groups is 1. The van der Waals surface area contributed by atoms with Crippen molar-refractivity contribution in [2.24, 2.45) is 0 Å². The van der Waals surface area contributed by atoms with E-state index >= 15 is 0 Å². The topological polar surface area (TPSA) is 91.6 Å². The molecule has 0 heterocycles. The van der Waals surface area contributed by atoms with Crippen LogP contribution in [-0.2, 0) is 0 Å². The molecule has 0 bridgehead atoms. The number of hydrogen-bond donors (Lipinski definition) is 1. The molecule has 0 radical (unpaired) electrons. The van der Waals surface area contributed by atoms with Crippen molar-refractivity contribution in [2.75, 3.05) is 0 Å². The fourth-order valence-electron chi connectivity index (χ4n) is 2.11. The zero-order chi connectivity index (χ0) is 16.2. The van der Waals surface area contributed by atoms with E-state index in [1.54, 1.807) is 24.3 Å². The molecule has 1 aromatic rings. The van der Waals surface area contributed by atoms with E-state index in [0.29, 0.717) is 16.7 Å². The number of rotatable bonds is 3. The summed E-state index contributed by atoms with van der Waals surface area (Å²) < 4.78 is 0. The Morgan fingerprint density at radius 2 is 1.33 bits per heavy atom. The predicted octanol–water partition coefficient (Wildman–Crippen LogP) is 3.96. The van der Waals surface area contributed by atoms with Crippen molar-refractivity contribution < 1.29 is 5.11 Å². The smallest absolute Gasteiger partial charge is 0.148 e. The second-order valence-electron chi connectivity index (χ2n) is 5.40. The summed E-state index contributed by atoms with van der Waals surface area (Å²) in [4.78, 5) is 0. The Morgan fingerprint density at radius 1 is 0.905 bits per heavy atom. The second kappa shape index (κ2) is 6.60. The van der Waals surface area contributed by atoms with E-state index < -0.39 is 0 Å². The van der Waals surface area contributed by atoms with Gasteiger partial charge in [0.05, 0.1) is 5.57 Å². The SMILES string of the molecule is CC(C)c1cc(C(C#N)=C(C#N)C#N)cc(C(C)C)c1O. The lowest BCUT2D eigenvalue weighted by molar-refractivity contribution is 0.454. The fraction of sp³-hybridized carbons (Fsp3) is 0.353. The number of hydrogen-bond acceptors (Lipinski definition) is 4. The Labute approximate surface area is 125 Å². The Kier molecular flexibility index (Phi) is 5.12. The molecule has 4 heteroatoms. The average molecular weight is 279 g/mol. The van der Waals surface area contributed by atoms with Crippen LogP contribution in [-0.4, -0.2) is 5.11 Å². The molecule has 1 aromatic carbocycles. The maximum Gasteiger partial charge on any atom is 0.148 e. The first-order valence-electron chi connectivity index (χ1n) is 6.69. The molecule has 1 rings (SSSR count). The molecule has 0 spiro atoms. The van der Waals surface area contributed by atoms with E-state index in [0.717, 1.165) is 0 Å². The van der Waals surface area contributed by atoms with Crippen molar-refractivity contribution in [3.05, 3.63) is 34.4 Å². The molecular weight excluding hydrogens is 262 g/mol. The lowest BCUT2D eigenvalue weighted by Crippen LogP contribution is -1.99. The third-order valence-electron chi connectivity index (χ3n) is 3.29. The number of benzene rings is 1. The monoisotopic (exact) mass is 279 g/mol.